The second-order valence-electron chi connectivity index (χ2n) is 9.92. The lowest BCUT2D eigenvalue weighted by atomic mass is 10.1. The summed E-state index contributed by atoms with van der Waals surface area (Å²) in [5.74, 6) is 1.46. The van der Waals surface area contributed by atoms with Crippen LogP contribution < -0.4 is 5.32 Å². The molecule has 0 radical (unpaired) electrons. The van der Waals surface area contributed by atoms with Gasteiger partial charge in [-0.3, -0.25) is 15.0 Å². The monoisotopic (exact) mass is 520 g/mol. The van der Waals surface area contributed by atoms with Gasteiger partial charge in [0.15, 0.2) is 17.3 Å². The number of nitrogens with one attached hydrogen (secondary N) is 3. The molecule has 0 atom stereocenters. The van der Waals surface area contributed by atoms with Gasteiger partial charge in [-0.25, -0.2) is 9.97 Å². The van der Waals surface area contributed by atoms with Crippen LogP contribution in [0.3, 0.4) is 0 Å². The quantitative estimate of drug-likeness (QED) is 0.255. The molecule has 0 saturated carbocycles. The van der Waals surface area contributed by atoms with Gasteiger partial charge in [-0.05, 0) is 80.2 Å². The van der Waals surface area contributed by atoms with Crippen molar-refractivity contribution in [1.82, 2.24) is 35.0 Å². The zero-order valence-corrected chi connectivity index (χ0v) is 22.0. The van der Waals surface area contributed by atoms with Crippen LogP contribution in [0.15, 0.2) is 66.0 Å². The van der Waals surface area contributed by atoms with E-state index in [4.69, 9.17) is 9.97 Å². The van der Waals surface area contributed by atoms with E-state index in [9.17, 15) is 0 Å². The Morgan fingerprint density at radius 2 is 1.95 bits per heavy atom. The second-order valence-corrected chi connectivity index (χ2v) is 10.9. The number of hydrogen-bond acceptors (Lipinski definition) is 7. The first-order valence-electron chi connectivity index (χ1n) is 13.0. The van der Waals surface area contributed by atoms with E-state index in [2.05, 4.69) is 66.1 Å². The SMILES string of the molecule is CC1=CC=C(c2cccs2)c2[nH]c(-c3n[nH]c4ccc(-c5cncc(CN6CCCCC6)c5)nc34)nc2N1. The van der Waals surface area contributed by atoms with Gasteiger partial charge in [-0.2, -0.15) is 5.10 Å². The fraction of sp³-hybridized carbons (Fsp3) is 0.241. The van der Waals surface area contributed by atoms with Crippen LogP contribution in [0.25, 0.3) is 39.4 Å². The molecule has 38 heavy (non-hydrogen) atoms. The number of allylic oxidation sites excluding steroid dienone is 3. The molecule has 5 aromatic rings. The van der Waals surface area contributed by atoms with Crippen molar-refractivity contribution in [3.8, 4) is 22.8 Å². The molecule has 0 spiro atoms. The minimum Gasteiger partial charge on any atom is -0.342 e. The number of aromatic nitrogens is 6. The molecule has 0 aromatic carbocycles. The van der Waals surface area contributed by atoms with E-state index >= 15 is 0 Å². The van der Waals surface area contributed by atoms with Crippen molar-refractivity contribution in [1.29, 1.82) is 0 Å². The molecule has 3 N–H and O–H groups in total. The lowest BCUT2D eigenvalue weighted by molar-refractivity contribution is 0.220. The van der Waals surface area contributed by atoms with Gasteiger partial charge < -0.3 is 10.3 Å². The average Bonchev–Trinajstić information content (AvgIpc) is 3.69. The van der Waals surface area contributed by atoms with E-state index in [-0.39, 0.29) is 0 Å². The Morgan fingerprint density at radius 1 is 1.03 bits per heavy atom. The highest BCUT2D eigenvalue weighted by Crippen LogP contribution is 2.36. The fourth-order valence-electron chi connectivity index (χ4n) is 5.24. The Morgan fingerprint density at radius 3 is 2.82 bits per heavy atom. The number of aromatic amines is 2. The summed E-state index contributed by atoms with van der Waals surface area (Å²) in [6.45, 7) is 5.29. The summed E-state index contributed by atoms with van der Waals surface area (Å²) in [5, 5.41) is 13.2. The van der Waals surface area contributed by atoms with Crippen molar-refractivity contribution in [2.45, 2.75) is 32.7 Å². The van der Waals surface area contributed by atoms with E-state index in [0.717, 1.165) is 64.7 Å². The Bertz CT molecular complexity index is 1670. The number of pyridine rings is 2. The minimum absolute atomic E-state index is 0.674. The molecule has 7 heterocycles. The first-order chi connectivity index (χ1) is 18.7. The second kappa shape index (κ2) is 9.66. The van der Waals surface area contributed by atoms with Crippen LogP contribution in [-0.2, 0) is 6.54 Å². The maximum Gasteiger partial charge on any atom is 0.163 e. The number of imidazole rings is 1. The predicted molar refractivity (Wildman–Crippen MR) is 153 cm³/mol. The zero-order valence-electron chi connectivity index (χ0n) is 21.2. The highest BCUT2D eigenvalue weighted by Gasteiger charge is 2.22. The van der Waals surface area contributed by atoms with E-state index in [1.54, 1.807) is 11.3 Å². The third-order valence-corrected chi connectivity index (χ3v) is 8.06. The summed E-state index contributed by atoms with van der Waals surface area (Å²) in [6.07, 6.45) is 12.0. The van der Waals surface area contributed by atoms with Gasteiger partial charge in [0.25, 0.3) is 0 Å². The van der Waals surface area contributed by atoms with Gasteiger partial charge in [0, 0.05) is 40.6 Å². The third kappa shape index (κ3) is 4.33. The minimum atomic E-state index is 0.674. The standard InChI is InChI=1S/C29H28N8S/c1-18-7-8-21(24-6-5-13-38-24)25-28(31-18)34-29(33-25)27-26-23(35-36-27)10-9-22(32-26)20-14-19(15-30-16-20)17-37-11-3-2-4-12-37/h5-10,13-16,31H,2-4,11-12,17H2,1H3,(H,33,34)(H,35,36). The summed E-state index contributed by atoms with van der Waals surface area (Å²) < 4.78 is 0. The van der Waals surface area contributed by atoms with Gasteiger partial charge in [-0.1, -0.05) is 12.5 Å². The summed E-state index contributed by atoms with van der Waals surface area (Å²) >= 11 is 1.71. The summed E-state index contributed by atoms with van der Waals surface area (Å²) in [7, 11) is 0. The Hall–Kier alpha value is -4.08. The normalized spacial score (nSPS) is 16.0. The van der Waals surface area contributed by atoms with E-state index in [1.165, 1.54) is 29.7 Å². The predicted octanol–water partition coefficient (Wildman–Crippen LogP) is 6.22. The maximum atomic E-state index is 5.03. The molecule has 0 aliphatic carbocycles. The molecule has 190 valence electrons. The van der Waals surface area contributed by atoms with Gasteiger partial charge in [-0.15, -0.1) is 11.3 Å². The van der Waals surface area contributed by atoms with E-state index in [0.29, 0.717) is 11.5 Å². The summed E-state index contributed by atoms with van der Waals surface area (Å²) in [4.78, 5) is 21.7. The Labute approximate surface area is 224 Å². The molecule has 1 fully saturated rings. The smallest absolute Gasteiger partial charge is 0.163 e. The van der Waals surface area contributed by atoms with Crippen LogP contribution in [0.1, 0.15) is 42.3 Å². The van der Waals surface area contributed by atoms with Crippen LogP contribution in [0.2, 0.25) is 0 Å². The summed E-state index contributed by atoms with van der Waals surface area (Å²) in [6, 6.07) is 10.5. The average molecular weight is 521 g/mol. The van der Waals surface area contributed by atoms with Gasteiger partial charge >= 0.3 is 0 Å². The number of thiophene rings is 1. The number of hydrogen-bond donors (Lipinski definition) is 3. The van der Waals surface area contributed by atoms with E-state index < -0.39 is 0 Å². The van der Waals surface area contributed by atoms with Crippen LogP contribution >= 0.6 is 11.3 Å². The van der Waals surface area contributed by atoms with Crippen molar-refractivity contribution in [2.24, 2.45) is 0 Å². The van der Waals surface area contributed by atoms with Gasteiger partial charge in [0.05, 0.1) is 16.9 Å². The molecule has 1 saturated heterocycles. The first kappa shape index (κ1) is 23.1. The third-order valence-electron chi connectivity index (χ3n) is 7.15. The molecule has 9 heteroatoms. The van der Waals surface area contributed by atoms with Gasteiger partial charge in [0.2, 0.25) is 0 Å². The van der Waals surface area contributed by atoms with Crippen LogP contribution in [0.5, 0.6) is 0 Å². The van der Waals surface area contributed by atoms with Crippen molar-refractivity contribution < 1.29 is 0 Å². The molecular weight excluding hydrogens is 492 g/mol. The van der Waals surface area contributed by atoms with Crippen molar-refractivity contribution >= 4 is 33.8 Å². The lowest BCUT2D eigenvalue weighted by Crippen LogP contribution is -2.29. The van der Waals surface area contributed by atoms with Crippen LogP contribution in [-0.4, -0.2) is 48.1 Å². The van der Waals surface area contributed by atoms with Crippen LogP contribution in [0, 0.1) is 0 Å². The topological polar surface area (TPSA) is 98.4 Å². The van der Waals surface area contributed by atoms with Crippen molar-refractivity contribution in [2.75, 3.05) is 18.4 Å². The number of nitrogens with zero attached hydrogens (tertiary/aromatic N) is 5. The van der Waals surface area contributed by atoms with Gasteiger partial charge in [0.1, 0.15) is 5.52 Å². The maximum absolute atomic E-state index is 5.03. The lowest BCUT2D eigenvalue weighted by Gasteiger charge is -2.26. The number of anilines is 1. The number of piperidine rings is 1. The Kier molecular flexibility index (Phi) is 5.87. The highest BCUT2D eigenvalue weighted by molar-refractivity contribution is 7.11. The molecule has 7 rings (SSSR count). The van der Waals surface area contributed by atoms with E-state index in [1.807, 2.05) is 31.5 Å². The molecule has 2 aliphatic rings. The largest absolute Gasteiger partial charge is 0.342 e. The molecule has 2 aliphatic heterocycles. The molecule has 0 amide bonds. The molecule has 5 aromatic heterocycles. The zero-order chi connectivity index (χ0) is 25.5. The fourth-order valence-corrected chi connectivity index (χ4v) is 6.00. The molecular formula is C29H28N8S. The Balaban J connectivity index is 1.25. The molecule has 8 nitrogen and oxygen atoms in total. The number of likely N-dealkylation sites (tertiary alicyclic amines) is 1. The number of rotatable bonds is 5. The highest BCUT2D eigenvalue weighted by atomic mass is 32.1. The first-order valence-corrected chi connectivity index (χ1v) is 13.9. The van der Waals surface area contributed by atoms with Crippen molar-refractivity contribution in [3.05, 3.63) is 82.1 Å². The molecule has 0 unspecified atom stereocenters. The summed E-state index contributed by atoms with van der Waals surface area (Å²) in [5.41, 5.74) is 8.51. The molecule has 0 bridgehead atoms. The van der Waals surface area contributed by atoms with Crippen LogP contribution in [0.4, 0.5) is 5.82 Å². The number of fused-ring (bicyclic) bond motifs is 2. The van der Waals surface area contributed by atoms with Crippen molar-refractivity contribution in [3.63, 3.8) is 0 Å². The number of H-pyrrole nitrogens is 2.